The van der Waals surface area contributed by atoms with Crippen molar-refractivity contribution < 1.29 is 104 Å². The molecule has 28 heavy (non-hydrogen) atoms. The normalized spacial score (nSPS) is 32.7. The minimum Gasteiger partial charge on any atom is -0.748 e. The van der Waals surface area contributed by atoms with E-state index in [0.717, 1.165) is 7.11 Å². The van der Waals surface area contributed by atoms with E-state index in [2.05, 4.69) is 9.47 Å². The maximum atomic E-state index is 11.9. The van der Waals surface area contributed by atoms with Crippen molar-refractivity contribution in [1.29, 1.82) is 0 Å². The van der Waals surface area contributed by atoms with Crippen LogP contribution >= 0.6 is 0 Å². The van der Waals surface area contributed by atoms with Gasteiger partial charge in [-0.25, -0.2) is 16.8 Å². The van der Waals surface area contributed by atoms with Crippen LogP contribution in [0.3, 0.4) is 0 Å². The van der Waals surface area contributed by atoms with Crippen LogP contribution < -0.4 is 59.1 Å². The Kier molecular flexibility index (Phi) is 11.7. The first-order valence-electron chi connectivity index (χ1n) is 8.01. The van der Waals surface area contributed by atoms with Gasteiger partial charge in [0.1, 0.15) is 0 Å². The van der Waals surface area contributed by atoms with Crippen molar-refractivity contribution in [3.63, 3.8) is 0 Å². The van der Waals surface area contributed by atoms with Gasteiger partial charge in [0.2, 0.25) is 0 Å². The van der Waals surface area contributed by atoms with E-state index < -0.39 is 60.4 Å². The fourth-order valence-electron chi connectivity index (χ4n) is 4.46. The Bertz CT molecular complexity index is 754. The molecule has 0 amide bonds. The maximum Gasteiger partial charge on any atom is 1.00 e. The van der Waals surface area contributed by atoms with E-state index in [1.54, 1.807) is 0 Å². The minimum atomic E-state index is -4.95. The first kappa shape index (κ1) is 28.8. The number of hydrogen-bond donors (Lipinski definition) is 0. The SMILES string of the molecule is COC(=O)C1CC2CC(COC=O)CC(S(=O)(=O)[O-])C2C(S(=O)(=O)[O-])C1.[Na+].[Na+]. The predicted octanol–water partition coefficient (Wildman–Crippen LogP) is -6.78. The number of fused-ring (bicyclic) bond motifs is 1. The van der Waals surface area contributed by atoms with Crippen molar-refractivity contribution in [2.45, 2.75) is 36.2 Å². The summed E-state index contributed by atoms with van der Waals surface area (Å²) in [6.45, 7) is 0.0617. The van der Waals surface area contributed by atoms with E-state index in [1.165, 1.54) is 0 Å². The molecule has 0 aromatic carbocycles. The number of methoxy groups -OCH3 is 1. The van der Waals surface area contributed by atoms with Crippen molar-refractivity contribution in [3.05, 3.63) is 0 Å². The van der Waals surface area contributed by atoms with Gasteiger partial charge in [-0.15, -0.1) is 0 Å². The first-order valence-corrected chi connectivity index (χ1v) is 11.0. The average molecular weight is 458 g/mol. The number of ether oxygens (including phenoxy) is 2. The Morgan fingerprint density at radius 1 is 1.00 bits per heavy atom. The summed E-state index contributed by atoms with van der Waals surface area (Å²) < 4.78 is 79.8. The van der Waals surface area contributed by atoms with Gasteiger partial charge in [-0.1, -0.05) is 0 Å². The van der Waals surface area contributed by atoms with Gasteiger partial charge in [-0.2, -0.15) is 0 Å². The molecule has 2 saturated carbocycles. The van der Waals surface area contributed by atoms with Gasteiger partial charge in [0.15, 0.2) is 0 Å². The molecule has 0 aromatic rings. The van der Waals surface area contributed by atoms with Crippen LogP contribution in [-0.4, -0.2) is 62.6 Å². The summed E-state index contributed by atoms with van der Waals surface area (Å²) in [6.07, 6.45) is -0.228. The van der Waals surface area contributed by atoms with Crippen LogP contribution in [0.4, 0.5) is 0 Å². The quantitative estimate of drug-likeness (QED) is 0.161. The molecule has 0 saturated heterocycles. The Morgan fingerprint density at radius 3 is 2.00 bits per heavy atom. The summed E-state index contributed by atoms with van der Waals surface area (Å²) in [5, 5.41) is -3.25. The zero-order valence-electron chi connectivity index (χ0n) is 16.0. The molecule has 6 atom stereocenters. The fraction of sp³-hybridized carbons (Fsp3) is 0.857. The number of carbonyl (C=O) groups excluding carboxylic acids is 2. The van der Waals surface area contributed by atoms with Gasteiger partial charge in [0.25, 0.3) is 6.47 Å². The van der Waals surface area contributed by atoms with Crippen molar-refractivity contribution in [2.24, 2.45) is 23.7 Å². The summed E-state index contributed by atoms with van der Waals surface area (Å²) >= 11 is 0. The zero-order valence-corrected chi connectivity index (χ0v) is 21.6. The Labute approximate surface area is 208 Å². The van der Waals surface area contributed by atoms with Gasteiger partial charge in [-0.3, -0.25) is 9.59 Å². The second-order valence-electron chi connectivity index (χ2n) is 6.86. The molecule has 0 aliphatic heterocycles. The smallest absolute Gasteiger partial charge is 0.748 e. The summed E-state index contributed by atoms with van der Waals surface area (Å²) in [5.74, 6) is -3.90. The molecular weight excluding hydrogens is 438 g/mol. The van der Waals surface area contributed by atoms with Crippen molar-refractivity contribution >= 4 is 32.7 Å². The average Bonchev–Trinajstić information content (AvgIpc) is 2.55. The van der Waals surface area contributed by atoms with Crippen molar-refractivity contribution in [1.82, 2.24) is 0 Å². The number of hydrogen-bond acceptors (Lipinski definition) is 10. The van der Waals surface area contributed by atoms with Gasteiger partial charge >= 0.3 is 65.1 Å². The van der Waals surface area contributed by atoms with Crippen LogP contribution in [0, 0.1) is 23.7 Å². The molecule has 0 radical (unpaired) electrons. The van der Waals surface area contributed by atoms with E-state index in [-0.39, 0.29) is 97.9 Å². The van der Waals surface area contributed by atoms with Crippen LogP contribution in [0.5, 0.6) is 0 Å². The second kappa shape index (κ2) is 11.4. The summed E-state index contributed by atoms with van der Waals surface area (Å²) in [7, 11) is -8.72. The monoisotopic (exact) mass is 458 g/mol. The largest absolute Gasteiger partial charge is 1.00 e. The van der Waals surface area contributed by atoms with Crippen LogP contribution in [0.15, 0.2) is 0 Å². The van der Waals surface area contributed by atoms with E-state index >= 15 is 0 Å². The van der Waals surface area contributed by atoms with Crippen LogP contribution in [-0.2, 0) is 39.3 Å². The maximum absolute atomic E-state index is 11.9. The standard InChI is InChI=1S/C14H22O10S2.2Na/c1-23-14(16)10-4-9-2-8(6-24-7-15)3-11(25(17,18)19)13(9)12(5-10)26(20,21)22;;/h7-13H,2-6H2,1H3,(H,17,18,19)(H,20,21,22);;/q;2*+1/p-2. The first-order chi connectivity index (χ1) is 12.0. The van der Waals surface area contributed by atoms with Gasteiger partial charge < -0.3 is 18.6 Å². The summed E-state index contributed by atoms with van der Waals surface area (Å²) in [4.78, 5) is 22.3. The molecule has 0 N–H and O–H groups in total. The molecule has 0 aromatic heterocycles. The molecule has 6 unspecified atom stereocenters. The molecule has 10 nitrogen and oxygen atoms in total. The van der Waals surface area contributed by atoms with Crippen LogP contribution in [0.1, 0.15) is 25.7 Å². The van der Waals surface area contributed by atoms with Gasteiger partial charge in [-0.05, 0) is 43.4 Å². The molecule has 14 heteroatoms. The van der Waals surface area contributed by atoms with Gasteiger partial charge in [0, 0.05) is 0 Å². The molecule has 0 bridgehead atoms. The molecule has 0 spiro atoms. The topological polar surface area (TPSA) is 167 Å². The Balaban J connectivity index is 0.00000364. The van der Waals surface area contributed by atoms with Crippen molar-refractivity contribution in [2.75, 3.05) is 13.7 Å². The second-order valence-corrected chi connectivity index (χ2v) is 10.0. The third-order valence-corrected chi connectivity index (χ3v) is 7.88. The van der Waals surface area contributed by atoms with E-state index in [1.807, 2.05) is 0 Å². The molecule has 2 aliphatic rings. The third-order valence-electron chi connectivity index (χ3n) is 5.38. The van der Waals surface area contributed by atoms with Crippen molar-refractivity contribution in [3.8, 4) is 0 Å². The van der Waals surface area contributed by atoms with E-state index in [4.69, 9.17) is 0 Å². The Morgan fingerprint density at radius 2 is 1.54 bits per heavy atom. The molecule has 2 fully saturated rings. The zero-order chi connectivity index (χ0) is 19.7. The molecule has 2 aliphatic carbocycles. The summed E-state index contributed by atoms with van der Waals surface area (Å²) in [5.41, 5.74) is 0. The van der Waals surface area contributed by atoms with E-state index in [0.29, 0.717) is 0 Å². The molecule has 2 rings (SSSR count). The van der Waals surface area contributed by atoms with Crippen LogP contribution in [0.25, 0.3) is 0 Å². The molecule has 150 valence electrons. The molecular formula is C14H20Na2O10S2. The number of esters is 1. The number of rotatable bonds is 6. The Hall–Kier alpha value is 0.760. The van der Waals surface area contributed by atoms with Crippen LogP contribution in [0.2, 0.25) is 0 Å². The fourth-order valence-corrected chi connectivity index (χ4v) is 7.13. The predicted molar refractivity (Wildman–Crippen MR) is 83.4 cm³/mol. The molecule has 0 heterocycles. The van der Waals surface area contributed by atoms with E-state index in [9.17, 15) is 35.5 Å². The van der Waals surface area contributed by atoms with Gasteiger partial charge in [0.05, 0.1) is 50.4 Å². The third kappa shape index (κ3) is 6.89. The number of carbonyl (C=O) groups is 2. The minimum absolute atomic E-state index is 0. The summed E-state index contributed by atoms with van der Waals surface area (Å²) in [6, 6.07) is 0.